The number of aliphatic hydroxyl groups excluding tert-OH is 1. The molecule has 2 aromatic carbocycles. The molecular weight excluding hydrogens is 492 g/mol. The molecule has 1 aromatic heterocycles. The third-order valence-corrected chi connectivity index (χ3v) is 6.56. The molecule has 7 heteroatoms. The Labute approximate surface area is 230 Å². The van der Waals surface area contributed by atoms with Gasteiger partial charge in [-0.2, -0.15) is 0 Å². The molecule has 39 heavy (non-hydrogen) atoms. The van der Waals surface area contributed by atoms with Crippen molar-refractivity contribution in [2.24, 2.45) is 5.92 Å². The largest absolute Gasteiger partial charge is 0.507 e. The van der Waals surface area contributed by atoms with Crippen molar-refractivity contribution < 1.29 is 24.2 Å². The maximum absolute atomic E-state index is 13.5. The molecule has 1 unspecified atom stereocenters. The van der Waals surface area contributed by atoms with Gasteiger partial charge in [-0.15, -0.1) is 0 Å². The first-order valence-corrected chi connectivity index (χ1v) is 13.4. The lowest BCUT2D eigenvalue weighted by Crippen LogP contribution is -2.29. The number of Topliss-reactive ketones (excluding diaryl/α,β-unsaturated/α-hetero) is 1. The molecule has 1 N–H and O–H groups in total. The SMILES string of the molecule is CCOc1ccc(/C(O)=C2\C(=O)C(=O)N(Cc3ccccn3)C2c2cccc(OCC(C)C)c2)cc1C(C)C. The van der Waals surface area contributed by atoms with Gasteiger partial charge < -0.3 is 19.5 Å². The number of rotatable bonds is 10. The second kappa shape index (κ2) is 12.2. The van der Waals surface area contributed by atoms with Crippen molar-refractivity contribution in [3.8, 4) is 11.5 Å². The summed E-state index contributed by atoms with van der Waals surface area (Å²) in [6, 6.07) is 17.3. The van der Waals surface area contributed by atoms with E-state index < -0.39 is 17.7 Å². The molecule has 1 amide bonds. The highest BCUT2D eigenvalue weighted by Gasteiger charge is 2.46. The fraction of sp³-hybridized carbons (Fsp3) is 0.344. The maximum Gasteiger partial charge on any atom is 0.296 e. The summed E-state index contributed by atoms with van der Waals surface area (Å²) < 4.78 is 11.7. The summed E-state index contributed by atoms with van der Waals surface area (Å²) in [5, 5.41) is 11.6. The summed E-state index contributed by atoms with van der Waals surface area (Å²) in [6.45, 7) is 11.3. The Morgan fingerprint density at radius 2 is 1.79 bits per heavy atom. The Morgan fingerprint density at radius 1 is 1.00 bits per heavy atom. The van der Waals surface area contributed by atoms with Crippen LogP contribution in [0.3, 0.4) is 0 Å². The molecule has 2 heterocycles. The second-order valence-corrected chi connectivity index (χ2v) is 10.4. The molecule has 0 bridgehead atoms. The number of hydrogen-bond donors (Lipinski definition) is 1. The summed E-state index contributed by atoms with van der Waals surface area (Å²) in [6.07, 6.45) is 1.65. The quantitative estimate of drug-likeness (QED) is 0.190. The minimum atomic E-state index is -0.816. The number of pyridine rings is 1. The zero-order valence-electron chi connectivity index (χ0n) is 23.2. The van der Waals surface area contributed by atoms with Gasteiger partial charge in [0.05, 0.1) is 37.1 Å². The molecule has 1 saturated heterocycles. The highest BCUT2D eigenvalue weighted by Crippen LogP contribution is 2.42. The molecule has 0 aliphatic carbocycles. The Bertz CT molecular complexity index is 1360. The molecule has 0 radical (unpaired) electrons. The van der Waals surface area contributed by atoms with Gasteiger partial charge in [-0.3, -0.25) is 14.6 Å². The number of carbonyl (C=O) groups is 2. The van der Waals surface area contributed by atoms with Gasteiger partial charge >= 0.3 is 0 Å². The fourth-order valence-corrected chi connectivity index (χ4v) is 4.68. The van der Waals surface area contributed by atoms with Gasteiger partial charge in [-0.05, 0) is 72.4 Å². The maximum atomic E-state index is 13.5. The van der Waals surface area contributed by atoms with Crippen LogP contribution in [0.1, 0.15) is 69.0 Å². The van der Waals surface area contributed by atoms with Crippen molar-refractivity contribution in [3.63, 3.8) is 0 Å². The standard InChI is InChI=1S/C32H36N2O5/c1-6-38-27-14-13-23(17-26(27)21(4)5)30(35)28-29(22-10-9-12-25(16-22)39-19-20(2)3)34(32(37)31(28)36)18-24-11-7-8-15-33-24/h7-17,20-21,29,35H,6,18-19H2,1-5H3/b30-28+. The molecule has 1 fully saturated rings. The number of ether oxygens (including phenoxy) is 2. The van der Waals surface area contributed by atoms with E-state index in [9.17, 15) is 14.7 Å². The summed E-state index contributed by atoms with van der Waals surface area (Å²) in [5.41, 5.74) is 2.71. The second-order valence-electron chi connectivity index (χ2n) is 10.4. The van der Waals surface area contributed by atoms with Gasteiger partial charge in [-0.25, -0.2) is 0 Å². The molecule has 3 aromatic rings. The molecule has 4 rings (SSSR count). The van der Waals surface area contributed by atoms with Crippen molar-refractivity contribution in [2.45, 2.75) is 53.1 Å². The Morgan fingerprint density at radius 3 is 2.46 bits per heavy atom. The van der Waals surface area contributed by atoms with E-state index in [1.54, 1.807) is 30.5 Å². The predicted octanol–water partition coefficient (Wildman–Crippen LogP) is 6.26. The number of amides is 1. The van der Waals surface area contributed by atoms with Crippen LogP contribution in [0, 0.1) is 5.92 Å². The first kappa shape index (κ1) is 27.9. The monoisotopic (exact) mass is 528 g/mol. The van der Waals surface area contributed by atoms with Crippen molar-refractivity contribution in [1.82, 2.24) is 9.88 Å². The number of aromatic nitrogens is 1. The summed E-state index contributed by atoms with van der Waals surface area (Å²) in [7, 11) is 0. The van der Waals surface area contributed by atoms with Crippen molar-refractivity contribution in [3.05, 3.63) is 94.8 Å². The zero-order chi connectivity index (χ0) is 28.1. The fourth-order valence-electron chi connectivity index (χ4n) is 4.68. The lowest BCUT2D eigenvalue weighted by Gasteiger charge is -2.25. The number of benzene rings is 2. The predicted molar refractivity (Wildman–Crippen MR) is 151 cm³/mol. The average molecular weight is 529 g/mol. The number of aliphatic hydroxyl groups is 1. The normalized spacial score (nSPS) is 16.8. The van der Waals surface area contributed by atoms with Gasteiger partial charge in [0.25, 0.3) is 11.7 Å². The van der Waals surface area contributed by atoms with Crippen LogP contribution >= 0.6 is 0 Å². The van der Waals surface area contributed by atoms with E-state index in [4.69, 9.17) is 9.47 Å². The van der Waals surface area contributed by atoms with Gasteiger partial charge in [0.1, 0.15) is 17.3 Å². The highest BCUT2D eigenvalue weighted by atomic mass is 16.5. The van der Waals surface area contributed by atoms with Crippen LogP contribution in [0.2, 0.25) is 0 Å². The Kier molecular flexibility index (Phi) is 8.69. The van der Waals surface area contributed by atoms with Crippen molar-refractivity contribution in [1.29, 1.82) is 0 Å². The van der Waals surface area contributed by atoms with Crippen LogP contribution in [-0.2, 0) is 16.1 Å². The number of hydrogen-bond acceptors (Lipinski definition) is 6. The molecular formula is C32H36N2O5. The topological polar surface area (TPSA) is 89.0 Å². The third kappa shape index (κ3) is 6.14. The van der Waals surface area contributed by atoms with Gasteiger partial charge in [0.15, 0.2) is 0 Å². The summed E-state index contributed by atoms with van der Waals surface area (Å²) in [5.74, 6) is 0.173. The van der Waals surface area contributed by atoms with E-state index in [1.807, 2.05) is 57.2 Å². The molecule has 1 aliphatic heterocycles. The van der Waals surface area contributed by atoms with Crippen LogP contribution in [0.4, 0.5) is 0 Å². The summed E-state index contributed by atoms with van der Waals surface area (Å²) >= 11 is 0. The van der Waals surface area contributed by atoms with Crippen LogP contribution in [0.25, 0.3) is 5.76 Å². The molecule has 1 atom stereocenters. The van der Waals surface area contributed by atoms with E-state index in [0.717, 1.165) is 11.3 Å². The lowest BCUT2D eigenvalue weighted by atomic mass is 9.93. The molecule has 0 saturated carbocycles. The van der Waals surface area contributed by atoms with Gasteiger partial charge in [-0.1, -0.05) is 45.9 Å². The number of nitrogens with zero attached hydrogens (tertiary/aromatic N) is 2. The number of ketones is 1. The smallest absolute Gasteiger partial charge is 0.296 e. The lowest BCUT2D eigenvalue weighted by molar-refractivity contribution is -0.140. The van der Waals surface area contributed by atoms with Crippen LogP contribution in [0.5, 0.6) is 11.5 Å². The number of carbonyl (C=O) groups excluding carboxylic acids is 2. The zero-order valence-corrected chi connectivity index (χ0v) is 23.2. The highest BCUT2D eigenvalue weighted by molar-refractivity contribution is 6.46. The van der Waals surface area contributed by atoms with Crippen molar-refractivity contribution >= 4 is 17.4 Å². The Hall–Kier alpha value is -4.13. The molecule has 7 nitrogen and oxygen atoms in total. The minimum Gasteiger partial charge on any atom is -0.507 e. The van der Waals surface area contributed by atoms with E-state index >= 15 is 0 Å². The van der Waals surface area contributed by atoms with E-state index in [2.05, 4.69) is 18.8 Å². The van der Waals surface area contributed by atoms with Crippen molar-refractivity contribution in [2.75, 3.05) is 13.2 Å². The van der Waals surface area contributed by atoms with E-state index in [1.165, 1.54) is 4.90 Å². The summed E-state index contributed by atoms with van der Waals surface area (Å²) in [4.78, 5) is 32.7. The van der Waals surface area contributed by atoms with E-state index in [-0.39, 0.29) is 23.8 Å². The van der Waals surface area contributed by atoms with Crippen LogP contribution < -0.4 is 9.47 Å². The van der Waals surface area contributed by atoms with Crippen LogP contribution in [0.15, 0.2) is 72.4 Å². The molecule has 204 valence electrons. The first-order valence-electron chi connectivity index (χ1n) is 13.4. The van der Waals surface area contributed by atoms with Crippen LogP contribution in [-0.4, -0.2) is 39.9 Å². The van der Waals surface area contributed by atoms with Gasteiger partial charge in [0.2, 0.25) is 0 Å². The first-order chi connectivity index (χ1) is 18.7. The molecule has 0 spiro atoms. The van der Waals surface area contributed by atoms with E-state index in [0.29, 0.717) is 41.7 Å². The number of likely N-dealkylation sites (tertiary alicyclic amines) is 1. The average Bonchev–Trinajstić information content (AvgIpc) is 3.17. The minimum absolute atomic E-state index is 0.0378. The Balaban J connectivity index is 1.85. The van der Waals surface area contributed by atoms with Gasteiger partial charge in [0, 0.05) is 11.8 Å². The third-order valence-electron chi connectivity index (χ3n) is 6.56. The molecule has 1 aliphatic rings.